The highest BCUT2D eigenvalue weighted by atomic mass is 35.7. The minimum atomic E-state index is -1.72. The zero-order chi connectivity index (χ0) is 13.8. The van der Waals surface area contributed by atoms with Crippen LogP contribution in [-0.2, 0) is 0 Å². The maximum Gasteiger partial charge on any atom is 0.332 e. The van der Waals surface area contributed by atoms with Crippen molar-refractivity contribution in [2.24, 2.45) is 0 Å². The molecule has 0 aromatic carbocycles. The first-order chi connectivity index (χ1) is 9.82. The number of piperidine rings is 3. The molecule has 3 rings (SSSR count). The SMILES string of the molecule is Cl[P+](N1CCCCC1)(N1CCCCC1)N1CCCCC1. The Balaban J connectivity index is 1.79. The molecule has 5 heteroatoms. The quantitative estimate of drug-likeness (QED) is 0.716. The van der Waals surface area contributed by atoms with Gasteiger partial charge in [-0.15, -0.1) is 14.0 Å². The molecular weight excluding hydrogens is 289 g/mol. The maximum atomic E-state index is 7.46. The molecule has 0 aromatic heterocycles. The highest BCUT2D eigenvalue weighted by Crippen LogP contribution is 2.73. The number of nitrogens with zero attached hydrogens (tertiary/aromatic N) is 3. The van der Waals surface area contributed by atoms with Crippen LogP contribution in [0.1, 0.15) is 57.8 Å². The Morgan fingerprint density at radius 2 is 0.700 bits per heavy atom. The molecule has 116 valence electrons. The summed E-state index contributed by atoms with van der Waals surface area (Å²) in [5.74, 6) is 0. The molecule has 0 bridgehead atoms. The van der Waals surface area contributed by atoms with E-state index in [2.05, 4.69) is 14.0 Å². The Bertz CT molecular complexity index is 252. The summed E-state index contributed by atoms with van der Waals surface area (Å²) in [5.41, 5.74) is 0. The summed E-state index contributed by atoms with van der Waals surface area (Å²) >= 11 is 7.46. The van der Waals surface area contributed by atoms with Gasteiger partial charge in [0.05, 0.1) is 0 Å². The Labute approximate surface area is 129 Å². The summed E-state index contributed by atoms with van der Waals surface area (Å²) in [5, 5.41) is 0. The zero-order valence-corrected chi connectivity index (χ0v) is 14.4. The summed E-state index contributed by atoms with van der Waals surface area (Å²) in [6.07, 6.45) is 12.2. The first-order valence-corrected chi connectivity index (χ1v) is 11.2. The predicted octanol–water partition coefficient (Wildman–Crippen LogP) is 4.36. The van der Waals surface area contributed by atoms with E-state index in [-0.39, 0.29) is 0 Å². The molecule has 3 fully saturated rings. The molecule has 0 atom stereocenters. The lowest BCUT2D eigenvalue weighted by Gasteiger charge is -2.45. The molecule has 0 aromatic rings. The van der Waals surface area contributed by atoms with Gasteiger partial charge in [-0.1, -0.05) is 19.3 Å². The summed E-state index contributed by atoms with van der Waals surface area (Å²) in [4.78, 5) is 0. The van der Waals surface area contributed by atoms with Crippen LogP contribution in [0.2, 0.25) is 0 Å². The molecule has 3 aliphatic rings. The van der Waals surface area contributed by atoms with Gasteiger partial charge in [0.1, 0.15) is 0 Å². The van der Waals surface area contributed by atoms with Crippen LogP contribution in [-0.4, -0.2) is 53.3 Å². The minimum Gasteiger partial charge on any atom is -0.134 e. The van der Waals surface area contributed by atoms with Crippen molar-refractivity contribution in [1.29, 1.82) is 0 Å². The van der Waals surface area contributed by atoms with Crippen molar-refractivity contribution in [3.63, 3.8) is 0 Å². The topological polar surface area (TPSA) is 9.72 Å². The Morgan fingerprint density at radius 1 is 0.450 bits per heavy atom. The second kappa shape index (κ2) is 7.24. The largest absolute Gasteiger partial charge is 0.332 e. The standard InChI is InChI=1S/C15H30ClN3P/c16-20(17-10-4-1-5-11-17,18-12-6-2-7-13-18)19-14-8-3-9-15-19/h1-15H2/q+1. The van der Waals surface area contributed by atoms with E-state index in [1.165, 1.54) is 97.1 Å². The molecule has 0 radical (unpaired) electrons. The summed E-state index contributed by atoms with van der Waals surface area (Å²) in [6, 6.07) is 0. The Kier molecular flexibility index (Phi) is 5.61. The van der Waals surface area contributed by atoms with Crippen molar-refractivity contribution in [3.8, 4) is 0 Å². The second-order valence-electron chi connectivity index (χ2n) is 6.54. The van der Waals surface area contributed by atoms with E-state index in [1.807, 2.05) is 0 Å². The smallest absolute Gasteiger partial charge is 0.134 e. The van der Waals surface area contributed by atoms with Crippen LogP contribution in [0.25, 0.3) is 0 Å². The third kappa shape index (κ3) is 3.17. The van der Waals surface area contributed by atoms with Gasteiger partial charge < -0.3 is 0 Å². The monoisotopic (exact) mass is 318 g/mol. The normalized spacial score (nSPS) is 28.6. The van der Waals surface area contributed by atoms with Crippen LogP contribution in [0.15, 0.2) is 0 Å². The summed E-state index contributed by atoms with van der Waals surface area (Å²) in [6.45, 7) is 7.36. The molecule has 0 saturated carbocycles. The van der Waals surface area contributed by atoms with Gasteiger partial charge in [-0.05, 0) is 38.5 Å². The van der Waals surface area contributed by atoms with Gasteiger partial charge in [0.25, 0.3) is 0 Å². The van der Waals surface area contributed by atoms with Crippen LogP contribution >= 0.6 is 18.3 Å². The van der Waals surface area contributed by atoms with Gasteiger partial charge >= 0.3 is 7.07 Å². The molecule has 0 spiro atoms. The van der Waals surface area contributed by atoms with E-state index in [0.29, 0.717) is 0 Å². The molecule has 0 N–H and O–H groups in total. The third-order valence-electron chi connectivity index (χ3n) is 5.08. The van der Waals surface area contributed by atoms with Gasteiger partial charge in [-0.25, -0.2) is 0 Å². The molecule has 20 heavy (non-hydrogen) atoms. The molecule has 3 nitrogen and oxygen atoms in total. The van der Waals surface area contributed by atoms with Gasteiger partial charge in [-0.3, -0.25) is 0 Å². The molecule has 0 aliphatic carbocycles. The van der Waals surface area contributed by atoms with Crippen molar-refractivity contribution in [3.05, 3.63) is 0 Å². The first-order valence-electron chi connectivity index (χ1n) is 8.67. The highest BCUT2D eigenvalue weighted by molar-refractivity contribution is 7.93. The lowest BCUT2D eigenvalue weighted by atomic mass is 10.2. The molecule has 3 saturated heterocycles. The lowest BCUT2D eigenvalue weighted by Crippen LogP contribution is -2.47. The molecule has 3 heterocycles. The fourth-order valence-corrected chi connectivity index (χ4v) is 8.74. The van der Waals surface area contributed by atoms with Gasteiger partial charge in [0.15, 0.2) is 11.2 Å². The molecule has 3 aliphatic heterocycles. The zero-order valence-electron chi connectivity index (χ0n) is 12.8. The van der Waals surface area contributed by atoms with Crippen LogP contribution in [0, 0.1) is 0 Å². The second-order valence-corrected chi connectivity index (χ2v) is 10.6. The van der Waals surface area contributed by atoms with E-state index in [1.54, 1.807) is 0 Å². The Morgan fingerprint density at radius 3 is 0.950 bits per heavy atom. The molecule has 0 unspecified atom stereocenters. The number of hydrogen-bond donors (Lipinski definition) is 0. The van der Waals surface area contributed by atoms with E-state index >= 15 is 0 Å². The van der Waals surface area contributed by atoms with Crippen molar-refractivity contribution >= 4 is 18.3 Å². The third-order valence-corrected chi connectivity index (χ3v) is 10.4. The van der Waals surface area contributed by atoms with Crippen LogP contribution in [0.5, 0.6) is 0 Å². The number of rotatable bonds is 3. The van der Waals surface area contributed by atoms with Crippen molar-refractivity contribution in [2.45, 2.75) is 57.8 Å². The Hall–Kier alpha value is 0.600. The maximum absolute atomic E-state index is 7.46. The van der Waals surface area contributed by atoms with Crippen molar-refractivity contribution < 1.29 is 0 Å². The van der Waals surface area contributed by atoms with Gasteiger partial charge in [-0.2, -0.15) is 0 Å². The predicted molar refractivity (Wildman–Crippen MR) is 89.0 cm³/mol. The fourth-order valence-electron chi connectivity index (χ4n) is 3.93. The van der Waals surface area contributed by atoms with Crippen LogP contribution < -0.4 is 0 Å². The van der Waals surface area contributed by atoms with Gasteiger partial charge in [0.2, 0.25) is 0 Å². The number of halogens is 1. The number of hydrogen-bond acceptors (Lipinski definition) is 3. The molecular formula is C15H30ClN3P+. The van der Waals surface area contributed by atoms with Crippen LogP contribution in [0.3, 0.4) is 0 Å². The molecule has 0 amide bonds. The summed E-state index contributed by atoms with van der Waals surface area (Å²) in [7, 11) is -1.72. The lowest BCUT2D eigenvalue weighted by molar-refractivity contribution is 0.250. The van der Waals surface area contributed by atoms with E-state index < -0.39 is 7.07 Å². The summed E-state index contributed by atoms with van der Waals surface area (Å²) < 4.78 is 8.07. The minimum absolute atomic E-state index is 1.23. The average molecular weight is 319 g/mol. The van der Waals surface area contributed by atoms with Crippen molar-refractivity contribution in [2.75, 3.05) is 39.3 Å². The van der Waals surface area contributed by atoms with Gasteiger partial charge in [0, 0.05) is 39.3 Å². The highest BCUT2D eigenvalue weighted by Gasteiger charge is 2.56. The van der Waals surface area contributed by atoms with Crippen molar-refractivity contribution in [1.82, 2.24) is 14.0 Å². The van der Waals surface area contributed by atoms with E-state index in [4.69, 9.17) is 11.2 Å². The van der Waals surface area contributed by atoms with E-state index in [9.17, 15) is 0 Å². The van der Waals surface area contributed by atoms with E-state index in [0.717, 1.165) is 0 Å². The first kappa shape index (κ1) is 15.5. The fraction of sp³-hybridized carbons (Fsp3) is 1.00. The van der Waals surface area contributed by atoms with Crippen LogP contribution in [0.4, 0.5) is 0 Å². The average Bonchev–Trinajstić information content (AvgIpc) is 2.56.